The van der Waals surface area contributed by atoms with E-state index in [1.54, 1.807) is 0 Å². The Morgan fingerprint density at radius 2 is 1.69 bits per heavy atom. The molecule has 0 radical (unpaired) electrons. The summed E-state index contributed by atoms with van der Waals surface area (Å²) < 4.78 is 0. The molecule has 0 saturated heterocycles. The minimum Gasteiger partial charge on any atom is -0.143 e. The van der Waals surface area contributed by atoms with Gasteiger partial charge in [-0.1, -0.05) is 46.6 Å². The van der Waals surface area contributed by atoms with E-state index in [-0.39, 0.29) is 9.52 Å². The van der Waals surface area contributed by atoms with Gasteiger partial charge in [-0.2, -0.15) is 0 Å². The molecule has 0 aromatic heterocycles. The second-order valence-corrected chi connectivity index (χ2v) is 6.22. The van der Waals surface area contributed by atoms with Crippen LogP contribution >= 0.6 is 0 Å². The molecule has 1 heteroatoms. The Morgan fingerprint density at radius 1 is 1.15 bits per heavy atom. The van der Waals surface area contributed by atoms with Crippen molar-refractivity contribution in [2.75, 3.05) is 0 Å². The van der Waals surface area contributed by atoms with Gasteiger partial charge in [0.05, 0.1) is 0 Å². The Labute approximate surface area is 86.3 Å². The molecule has 76 valence electrons. The van der Waals surface area contributed by atoms with E-state index in [1.807, 2.05) is 0 Å². The standard InChI is InChI=1S/C12H24Si/c1-6-13-9-7-8-12(10(2)3)11(4)5/h1,10-12H,7-9,13H2,2-5H3. The summed E-state index contributed by atoms with van der Waals surface area (Å²) in [7, 11) is -0.143. The van der Waals surface area contributed by atoms with Gasteiger partial charge in [-0.25, -0.2) is 0 Å². The highest BCUT2D eigenvalue weighted by molar-refractivity contribution is 6.45. The highest BCUT2D eigenvalue weighted by Gasteiger charge is 2.16. The van der Waals surface area contributed by atoms with Crippen LogP contribution < -0.4 is 0 Å². The van der Waals surface area contributed by atoms with E-state index in [2.05, 4.69) is 33.2 Å². The first-order chi connectivity index (χ1) is 6.09. The van der Waals surface area contributed by atoms with Gasteiger partial charge in [0, 0.05) is 0 Å². The molecule has 0 aromatic rings. The quantitative estimate of drug-likeness (QED) is 0.348. The molecule has 0 heterocycles. The summed E-state index contributed by atoms with van der Waals surface area (Å²) >= 11 is 0. The molecule has 0 bridgehead atoms. The van der Waals surface area contributed by atoms with Crippen LogP contribution in [0.2, 0.25) is 6.04 Å². The van der Waals surface area contributed by atoms with Crippen molar-refractivity contribution < 1.29 is 0 Å². The third kappa shape index (κ3) is 5.93. The van der Waals surface area contributed by atoms with Crippen LogP contribution in [0.5, 0.6) is 0 Å². The number of hydrogen-bond donors (Lipinski definition) is 0. The number of rotatable bonds is 6. The van der Waals surface area contributed by atoms with E-state index in [0.717, 1.165) is 17.8 Å². The van der Waals surface area contributed by atoms with Crippen molar-refractivity contribution in [3.8, 4) is 12.0 Å². The average Bonchev–Trinajstić information content (AvgIpc) is 2.02. The summed E-state index contributed by atoms with van der Waals surface area (Å²) in [6.45, 7) is 9.35. The maximum Gasteiger partial charge on any atom is 0.106 e. The fourth-order valence-electron chi connectivity index (χ4n) is 2.04. The van der Waals surface area contributed by atoms with Crippen LogP contribution in [0.15, 0.2) is 0 Å². The Balaban J connectivity index is 3.65. The first kappa shape index (κ1) is 12.8. The molecule has 0 unspecified atom stereocenters. The number of terminal acetylenes is 1. The van der Waals surface area contributed by atoms with Crippen LogP contribution in [0.3, 0.4) is 0 Å². The summed E-state index contributed by atoms with van der Waals surface area (Å²) in [6, 6.07) is 1.34. The summed E-state index contributed by atoms with van der Waals surface area (Å²) in [5.41, 5.74) is 2.84. The van der Waals surface area contributed by atoms with Crippen LogP contribution in [0.4, 0.5) is 0 Å². The zero-order valence-corrected chi connectivity index (χ0v) is 11.1. The highest BCUT2D eigenvalue weighted by Crippen LogP contribution is 2.25. The van der Waals surface area contributed by atoms with E-state index in [0.29, 0.717) is 0 Å². The third-order valence-corrected chi connectivity index (χ3v) is 3.96. The molecule has 0 fully saturated rings. The van der Waals surface area contributed by atoms with Crippen molar-refractivity contribution in [1.82, 2.24) is 0 Å². The second kappa shape index (κ2) is 7.21. The van der Waals surface area contributed by atoms with Gasteiger partial charge in [0.15, 0.2) is 0 Å². The van der Waals surface area contributed by atoms with Crippen molar-refractivity contribution >= 4 is 9.52 Å². The summed E-state index contributed by atoms with van der Waals surface area (Å²) in [6.07, 6.45) is 8.01. The van der Waals surface area contributed by atoms with Crippen molar-refractivity contribution in [3.63, 3.8) is 0 Å². The fourth-order valence-corrected chi connectivity index (χ4v) is 2.79. The van der Waals surface area contributed by atoms with E-state index >= 15 is 0 Å². The lowest BCUT2D eigenvalue weighted by Crippen LogP contribution is -2.15. The first-order valence-electron chi connectivity index (χ1n) is 5.53. The predicted molar refractivity (Wildman–Crippen MR) is 64.6 cm³/mol. The lowest BCUT2D eigenvalue weighted by molar-refractivity contribution is 0.267. The SMILES string of the molecule is C#C[SiH2]CCCC(C(C)C)C(C)C. The normalized spacial score (nSPS) is 12.2. The van der Waals surface area contributed by atoms with Crippen LogP contribution in [-0.2, 0) is 0 Å². The van der Waals surface area contributed by atoms with Gasteiger partial charge in [0.1, 0.15) is 9.52 Å². The Bertz CT molecular complexity index is 145. The maximum atomic E-state index is 5.28. The molecule has 0 N–H and O–H groups in total. The van der Waals surface area contributed by atoms with E-state index < -0.39 is 0 Å². The van der Waals surface area contributed by atoms with Gasteiger partial charge in [-0.05, 0) is 17.8 Å². The van der Waals surface area contributed by atoms with Gasteiger partial charge in [-0.15, -0.1) is 12.0 Å². The lowest BCUT2D eigenvalue weighted by atomic mass is 9.82. The molecular weight excluding hydrogens is 172 g/mol. The van der Waals surface area contributed by atoms with Crippen LogP contribution in [-0.4, -0.2) is 9.52 Å². The monoisotopic (exact) mass is 196 g/mol. The largest absolute Gasteiger partial charge is 0.143 e. The van der Waals surface area contributed by atoms with E-state index in [4.69, 9.17) is 6.42 Å². The Kier molecular flexibility index (Phi) is 7.08. The minimum absolute atomic E-state index is 0.143. The molecule has 0 atom stereocenters. The number of hydrogen-bond acceptors (Lipinski definition) is 0. The van der Waals surface area contributed by atoms with Crippen LogP contribution in [0.25, 0.3) is 0 Å². The van der Waals surface area contributed by atoms with Gasteiger partial charge >= 0.3 is 0 Å². The molecular formula is C12H24Si. The minimum atomic E-state index is -0.143. The molecule has 13 heavy (non-hydrogen) atoms. The van der Waals surface area contributed by atoms with Crippen molar-refractivity contribution in [1.29, 1.82) is 0 Å². The molecule has 0 nitrogen and oxygen atoms in total. The molecule has 0 aliphatic carbocycles. The zero-order valence-electron chi connectivity index (χ0n) is 9.64. The van der Waals surface area contributed by atoms with Crippen molar-refractivity contribution in [2.45, 2.75) is 46.6 Å². The van der Waals surface area contributed by atoms with Crippen LogP contribution in [0.1, 0.15) is 40.5 Å². The van der Waals surface area contributed by atoms with E-state index in [9.17, 15) is 0 Å². The van der Waals surface area contributed by atoms with Crippen LogP contribution in [0, 0.1) is 29.7 Å². The summed E-state index contributed by atoms with van der Waals surface area (Å²) in [4.78, 5) is 0. The molecule has 0 aliphatic heterocycles. The van der Waals surface area contributed by atoms with Gasteiger partial charge in [0.2, 0.25) is 0 Å². The molecule has 0 aliphatic rings. The fraction of sp³-hybridized carbons (Fsp3) is 0.833. The van der Waals surface area contributed by atoms with Gasteiger partial charge < -0.3 is 0 Å². The van der Waals surface area contributed by atoms with Gasteiger partial charge in [0.25, 0.3) is 0 Å². The molecule has 0 rings (SSSR count). The first-order valence-corrected chi connectivity index (χ1v) is 7.23. The van der Waals surface area contributed by atoms with Crippen molar-refractivity contribution in [3.05, 3.63) is 0 Å². The average molecular weight is 196 g/mol. The summed E-state index contributed by atoms with van der Waals surface area (Å²) in [5.74, 6) is 2.55. The topological polar surface area (TPSA) is 0 Å². The lowest BCUT2D eigenvalue weighted by Gasteiger charge is -2.24. The highest BCUT2D eigenvalue weighted by atomic mass is 28.2. The molecule has 0 saturated carbocycles. The summed E-state index contributed by atoms with van der Waals surface area (Å²) in [5, 5.41) is 0. The Hall–Kier alpha value is -0.223. The van der Waals surface area contributed by atoms with Gasteiger partial charge in [-0.3, -0.25) is 0 Å². The zero-order chi connectivity index (χ0) is 10.3. The Morgan fingerprint density at radius 3 is 2.08 bits per heavy atom. The smallest absolute Gasteiger partial charge is 0.106 e. The predicted octanol–water partition coefficient (Wildman–Crippen LogP) is 2.87. The maximum absolute atomic E-state index is 5.28. The van der Waals surface area contributed by atoms with E-state index in [1.165, 1.54) is 18.9 Å². The molecule has 0 spiro atoms. The second-order valence-electron chi connectivity index (χ2n) is 4.60. The molecule has 0 amide bonds. The third-order valence-electron chi connectivity index (χ3n) is 2.82. The molecule has 0 aromatic carbocycles. The van der Waals surface area contributed by atoms with Crippen molar-refractivity contribution in [2.24, 2.45) is 17.8 Å².